The Morgan fingerprint density at radius 1 is 1.40 bits per heavy atom. The lowest BCUT2D eigenvalue weighted by molar-refractivity contribution is -0.125. The van der Waals surface area contributed by atoms with Crippen molar-refractivity contribution in [3.8, 4) is 0 Å². The van der Waals surface area contributed by atoms with Crippen LogP contribution in [-0.2, 0) is 14.8 Å². The first-order valence-corrected chi connectivity index (χ1v) is 8.27. The molecule has 0 aliphatic carbocycles. The van der Waals surface area contributed by atoms with Crippen LogP contribution in [-0.4, -0.2) is 38.3 Å². The van der Waals surface area contributed by atoms with Crippen LogP contribution in [0.4, 0.5) is 0 Å². The zero-order valence-electron chi connectivity index (χ0n) is 11.2. The summed E-state index contributed by atoms with van der Waals surface area (Å²) in [7, 11) is -2.19. The average Bonchev–Trinajstić information content (AvgIpc) is 2.46. The third-order valence-corrected chi connectivity index (χ3v) is 5.54. The second kappa shape index (κ2) is 6.11. The maximum Gasteiger partial charge on any atom is 0.243 e. The van der Waals surface area contributed by atoms with Gasteiger partial charge in [-0.05, 0) is 31.0 Å². The third-order valence-electron chi connectivity index (χ3n) is 3.41. The molecule has 0 aromatic heterocycles. The van der Waals surface area contributed by atoms with Gasteiger partial charge in [0.05, 0.1) is 4.90 Å². The summed E-state index contributed by atoms with van der Waals surface area (Å²) in [5.41, 5.74) is 0. The first-order valence-electron chi connectivity index (χ1n) is 6.46. The third kappa shape index (κ3) is 2.97. The van der Waals surface area contributed by atoms with Crippen molar-refractivity contribution in [2.45, 2.75) is 30.2 Å². The molecule has 0 saturated carbocycles. The molecular weight excluding hydrogens is 300 g/mol. The quantitative estimate of drug-likeness (QED) is 0.921. The maximum absolute atomic E-state index is 12.7. The Morgan fingerprint density at radius 2 is 2.15 bits per heavy atom. The van der Waals surface area contributed by atoms with Gasteiger partial charge in [-0.15, -0.1) is 0 Å². The van der Waals surface area contributed by atoms with E-state index in [-0.39, 0.29) is 10.8 Å². The molecule has 1 aliphatic heterocycles. The molecule has 1 fully saturated rings. The predicted octanol–water partition coefficient (Wildman–Crippen LogP) is 1.63. The molecule has 1 aromatic carbocycles. The molecule has 5 nitrogen and oxygen atoms in total. The van der Waals surface area contributed by atoms with Crippen molar-refractivity contribution in [1.29, 1.82) is 0 Å². The highest BCUT2D eigenvalue weighted by molar-refractivity contribution is 7.89. The van der Waals surface area contributed by atoms with Crippen LogP contribution in [0.25, 0.3) is 0 Å². The highest BCUT2D eigenvalue weighted by Gasteiger charge is 2.37. The number of piperidine rings is 1. The molecule has 1 atom stereocenters. The van der Waals surface area contributed by atoms with E-state index >= 15 is 0 Å². The molecule has 20 heavy (non-hydrogen) atoms. The maximum atomic E-state index is 12.7. The van der Waals surface area contributed by atoms with E-state index in [0.717, 1.165) is 12.8 Å². The van der Waals surface area contributed by atoms with Crippen LogP contribution in [0.1, 0.15) is 19.3 Å². The smallest absolute Gasteiger partial charge is 0.243 e. The summed E-state index contributed by atoms with van der Waals surface area (Å²) in [5.74, 6) is -0.268. The Kier molecular flexibility index (Phi) is 4.67. The van der Waals surface area contributed by atoms with Gasteiger partial charge in [0.2, 0.25) is 15.9 Å². The lowest BCUT2D eigenvalue weighted by atomic mass is 10.0. The van der Waals surface area contributed by atoms with Gasteiger partial charge < -0.3 is 5.32 Å². The Bertz CT molecular complexity index is 603. The number of rotatable bonds is 3. The van der Waals surface area contributed by atoms with Gasteiger partial charge >= 0.3 is 0 Å². The Morgan fingerprint density at radius 3 is 2.80 bits per heavy atom. The van der Waals surface area contributed by atoms with Crippen LogP contribution < -0.4 is 5.32 Å². The molecule has 0 unspecified atom stereocenters. The van der Waals surface area contributed by atoms with Crippen molar-refractivity contribution in [2.75, 3.05) is 13.6 Å². The number of nitrogens with zero attached hydrogens (tertiary/aromatic N) is 1. The molecule has 0 radical (unpaired) electrons. The molecule has 0 bridgehead atoms. The topological polar surface area (TPSA) is 66.5 Å². The summed E-state index contributed by atoms with van der Waals surface area (Å²) < 4.78 is 26.6. The summed E-state index contributed by atoms with van der Waals surface area (Å²) in [5, 5.41) is 2.89. The number of hydrogen-bond acceptors (Lipinski definition) is 3. The normalized spacial score (nSPS) is 20.6. The van der Waals surface area contributed by atoms with E-state index in [9.17, 15) is 13.2 Å². The van der Waals surface area contributed by atoms with E-state index in [1.165, 1.54) is 23.5 Å². The van der Waals surface area contributed by atoms with Gasteiger partial charge in [-0.2, -0.15) is 4.31 Å². The van der Waals surface area contributed by atoms with E-state index in [4.69, 9.17) is 11.6 Å². The number of sulfonamides is 1. The van der Waals surface area contributed by atoms with Gasteiger partial charge in [-0.1, -0.05) is 24.1 Å². The second-order valence-corrected chi connectivity index (χ2v) is 7.03. The van der Waals surface area contributed by atoms with Gasteiger partial charge in [0, 0.05) is 18.6 Å². The monoisotopic (exact) mass is 316 g/mol. The molecule has 1 aliphatic rings. The fourth-order valence-corrected chi connectivity index (χ4v) is 4.34. The molecule has 110 valence electrons. The summed E-state index contributed by atoms with van der Waals surface area (Å²) >= 11 is 5.85. The van der Waals surface area contributed by atoms with E-state index in [2.05, 4.69) is 5.32 Å². The molecular formula is C13H17ClN2O3S. The van der Waals surface area contributed by atoms with Crippen LogP contribution in [0.5, 0.6) is 0 Å². The minimum Gasteiger partial charge on any atom is -0.358 e. The van der Waals surface area contributed by atoms with E-state index < -0.39 is 16.1 Å². The Hall–Kier alpha value is -1.11. The van der Waals surface area contributed by atoms with Crippen LogP contribution in [0.15, 0.2) is 29.2 Å². The molecule has 1 saturated heterocycles. The fraction of sp³-hybridized carbons (Fsp3) is 0.462. The van der Waals surface area contributed by atoms with E-state index in [0.29, 0.717) is 18.0 Å². The van der Waals surface area contributed by atoms with Gasteiger partial charge in [0.1, 0.15) is 6.04 Å². The largest absolute Gasteiger partial charge is 0.358 e. The van der Waals surface area contributed by atoms with E-state index in [1.807, 2.05) is 0 Å². The second-order valence-electron chi connectivity index (χ2n) is 4.70. The van der Waals surface area contributed by atoms with Gasteiger partial charge in [0.15, 0.2) is 0 Å². The number of benzene rings is 1. The van der Waals surface area contributed by atoms with Gasteiger partial charge in [-0.25, -0.2) is 8.42 Å². The summed E-state index contributed by atoms with van der Waals surface area (Å²) in [6, 6.07) is 5.47. The predicted molar refractivity (Wildman–Crippen MR) is 77.0 cm³/mol. The summed E-state index contributed by atoms with van der Waals surface area (Å²) in [6.45, 7) is 0.354. The summed E-state index contributed by atoms with van der Waals surface area (Å²) in [4.78, 5) is 12.0. The number of amides is 1. The molecule has 1 N–H and O–H groups in total. The number of hydrogen-bond donors (Lipinski definition) is 1. The van der Waals surface area contributed by atoms with Gasteiger partial charge in [0.25, 0.3) is 0 Å². The molecule has 7 heteroatoms. The van der Waals surface area contributed by atoms with Crippen molar-refractivity contribution in [3.63, 3.8) is 0 Å². The first-order chi connectivity index (χ1) is 9.46. The Balaban J connectivity index is 2.38. The number of carbonyl (C=O) groups is 1. The van der Waals surface area contributed by atoms with E-state index in [1.54, 1.807) is 12.1 Å². The van der Waals surface area contributed by atoms with Crippen LogP contribution in [0, 0.1) is 0 Å². The number of nitrogens with one attached hydrogen (secondary N) is 1. The van der Waals surface area contributed by atoms with Crippen molar-refractivity contribution in [1.82, 2.24) is 9.62 Å². The SMILES string of the molecule is CNC(=O)[C@H]1CCCCN1S(=O)(=O)c1cccc(Cl)c1. The summed E-state index contributed by atoms with van der Waals surface area (Å²) in [6.07, 6.45) is 2.15. The minimum absolute atomic E-state index is 0.126. The number of halogens is 1. The van der Waals surface area contributed by atoms with Crippen molar-refractivity contribution in [2.24, 2.45) is 0 Å². The minimum atomic E-state index is -3.70. The molecule has 1 amide bonds. The average molecular weight is 317 g/mol. The van der Waals surface area contributed by atoms with Crippen LogP contribution >= 0.6 is 11.6 Å². The van der Waals surface area contributed by atoms with Crippen LogP contribution in [0.3, 0.4) is 0 Å². The molecule has 0 spiro atoms. The fourth-order valence-electron chi connectivity index (χ4n) is 2.38. The van der Waals surface area contributed by atoms with Crippen LogP contribution in [0.2, 0.25) is 5.02 Å². The van der Waals surface area contributed by atoms with Crippen molar-refractivity contribution in [3.05, 3.63) is 29.3 Å². The zero-order chi connectivity index (χ0) is 14.8. The highest BCUT2D eigenvalue weighted by Crippen LogP contribution is 2.26. The van der Waals surface area contributed by atoms with Crippen molar-refractivity contribution < 1.29 is 13.2 Å². The van der Waals surface area contributed by atoms with Gasteiger partial charge in [-0.3, -0.25) is 4.79 Å². The zero-order valence-corrected chi connectivity index (χ0v) is 12.7. The number of carbonyl (C=O) groups excluding carboxylic acids is 1. The lowest BCUT2D eigenvalue weighted by Gasteiger charge is -2.33. The number of likely N-dealkylation sites (N-methyl/N-ethyl adjacent to an activating group) is 1. The standard InChI is InChI=1S/C13H17ClN2O3S/c1-15-13(17)12-7-2-3-8-16(12)20(18,19)11-6-4-5-10(14)9-11/h4-6,9,12H,2-3,7-8H2,1H3,(H,15,17)/t12-/m1/s1. The highest BCUT2D eigenvalue weighted by atomic mass is 35.5. The molecule has 1 aromatic rings. The van der Waals surface area contributed by atoms with Crippen molar-refractivity contribution >= 4 is 27.5 Å². The molecule has 1 heterocycles. The molecule has 2 rings (SSSR count). The Labute approximate surface area is 124 Å². The lowest BCUT2D eigenvalue weighted by Crippen LogP contribution is -2.51. The first kappa shape index (κ1) is 15.3.